The first-order valence-corrected chi connectivity index (χ1v) is 9.36. The molecule has 1 atom stereocenters. The Morgan fingerprint density at radius 3 is 2.46 bits per heavy atom. The number of rotatable bonds is 6. The highest BCUT2D eigenvalue weighted by Gasteiger charge is 2.44. The quantitative estimate of drug-likeness (QED) is 0.819. The number of carboxylic acids is 1. The molecule has 0 spiro atoms. The van der Waals surface area contributed by atoms with E-state index in [1.807, 2.05) is 18.2 Å². The number of benzene rings is 1. The van der Waals surface area contributed by atoms with Crippen LogP contribution in [0.2, 0.25) is 0 Å². The SMILES string of the molecule is CN(Cc1ccccc1)C1(CNC(=O)N2CCC(C)(C(=O)O)C2)CCC1. The Morgan fingerprint density at radius 2 is 1.92 bits per heavy atom. The Bertz CT molecular complexity index is 660. The number of hydrogen-bond donors (Lipinski definition) is 2. The molecule has 2 aliphatic rings. The van der Waals surface area contributed by atoms with Gasteiger partial charge in [-0.05, 0) is 45.2 Å². The minimum absolute atomic E-state index is 0.00132. The highest BCUT2D eigenvalue weighted by molar-refractivity contribution is 5.79. The maximum Gasteiger partial charge on any atom is 0.317 e. The number of urea groups is 1. The summed E-state index contributed by atoms with van der Waals surface area (Å²) in [7, 11) is 2.12. The molecule has 2 N–H and O–H groups in total. The molecule has 6 nitrogen and oxygen atoms in total. The molecule has 0 aromatic heterocycles. The number of likely N-dealkylation sites (tertiary alicyclic amines) is 1. The molecule has 1 saturated carbocycles. The van der Waals surface area contributed by atoms with Crippen molar-refractivity contribution in [3.8, 4) is 0 Å². The molecule has 26 heavy (non-hydrogen) atoms. The van der Waals surface area contributed by atoms with Crippen LogP contribution in [0.4, 0.5) is 4.79 Å². The van der Waals surface area contributed by atoms with E-state index in [9.17, 15) is 14.7 Å². The highest BCUT2D eigenvalue weighted by Crippen LogP contribution is 2.37. The summed E-state index contributed by atoms with van der Waals surface area (Å²) >= 11 is 0. The number of carbonyl (C=O) groups excluding carboxylic acids is 1. The topological polar surface area (TPSA) is 72.9 Å². The van der Waals surface area contributed by atoms with E-state index in [1.165, 1.54) is 12.0 Å². The van der Waals surface area contributed by atoms with E-state index < -0.39 is 11.4 Å². The van der Waals surface area contributed by atoms with Crippen molar-refractivity contribution in [3.63, 3.8) is 0 Å². The van der Waals surface area contributed by atoms with E-state index in [-0.39, 0.29) is 18.1 Å². The number of nitrogens with one attached hydrogen (secondary N) is 1. The predicted octanol–water partition coefficient (Wildman–Crippen LogP) is 2.55. The lowest BCUT2D eigenvalue weighted by atomic mass is 9.75. The van der Waals surface area contributed by atoms with Gasteiger partial charge < -0.3 is 15.3 Å². The van der Waals surface area contributed by atoms with Gasteiger partial charge in [-0.3, -0.25) is 9.69 Å². The van der Waals surface area contributed by atoms with Gasteiger partial charge in [0, 0.05) is 31.7 Å². The molecule has 6 heteroatoms. The Morgan fingerprint density at radius 1 is 1.23 bits per heavy atom. The molecule has 1 unspecified atom stereocenters. The maximum atomic E-state index is 12.5. The van der Waals surface area contributed by atoms with Crippen molar-refractivity contribution in [3.05, 3.63) is 35.9 Å². The molecule has 142 valence electrons. The third-order valence-corrected chi connectivity index (χ3v) is 6.20. The average Bonchev–Trinajstić information content (AvgIpc) is 2.98. The van der Waals surface area contributed by atoms with E-state index in [0.717, 1.165) is 19.4 Å². The van der Waals surface area contributed by atoms with Crippen LogP contribution in [-0.2, 0) is 11.3 Å². The summed E-state index contributed by atoms with van der Waals surface area (Å²) in [5.41, 5.74) is 0.445. The Labute approximate surface area is 155 Å². The van der Waals surface area contributed by atoms with Gasteiger partial charge in [-0.2, -0.15) is 0 Å². The number of aliphatic carboxylic acids is 1. The molecule has 1 saturated heterocycles. The van der Waals surface area contributed by atoms with Crippen LogP contribution in [0.25, 0.3) is 0 Å². The van der Waals surface area contributed by atoms with E-state index in [0.29, 0.717) is 19.5 Å². The number of carbonyl (C=O) groups is 2. The Balaban J connectivity index is 1.55. The smallest absolute Gasteiger partial charge is 0.317 e. The second-order valence-corrected chi connectivity index (χ2v) is 8.12. The Hall–Kier alpha value is -2.08. The molecule has 3 rings (SSSR count). The molecule has 1 aromatic carbocycles. The lowest BCUT2D eigenvalue weighted by Gasteiger charge is -2.49. The fraction of sp³-hybridized carbons (Fsp3) is 0.600. The fourth-order valence-electron chi connectivity index (χ4n) is 3.96. The second kappa shape index (κ2) is 7.27. The zero-order valence-corrected chi connectivity index (χ0v) is 15.7. The van der Waals surface area contributed by atoms with Gasteiger partial charge in [0.1, 0.15) is 0 Å². The summed E-state index contributed by atoms with van der Waals surface area (Å²) in [6.45, 7) is 3.96. The number of nitrogens with zero attached hydrogens (tertiary/aromatic N) is 2. The molecule has 1 aliphatic carbocycles. The first-order chi connectivity index (χ1) is 12.3. The molecule has 0 bridgehead atoms. The zero-order chi connectivity index (χ0) is 18.8. The van der Waals surface area contributed by atoms with Crippen LogP contribution in [0.5, 0.6) is 0 Å². The third kappa shape index (κ3) is 3.70. The zero-order valence-electron chi connectivity index (χ0n) is 15.7. The summed E-state index contributed by atoms with van der Waals surface area (Å²) in [4.78, 5) is 27.9. The van der Waals surface area contributed by atoms with Crippen molar-refractivity contribution in [2.24, 2.45) is 5.41 Å². The first-order valence-electron chi connectivity index (χ1n) is 9.36. The van der Waals surface area contributed by atoms with Crippen molar-refractivity contribution in [1.82, 2.24) is 15.1 Å². The normalized spacial score (nSPS) is 24.3. The minimum atomic E-state index is -0.828. The molecular formula is C20H29N3O3. The first kappa shape index (κ1) is 18.7. The van der Waals surface area contributed by atoms with Crippen LogP contribution in [-0.4, -0.2) is 59.1 Å². The van der Waals surface area contributed by atoms with Crippen LogP contribution >= 0.6 is 0 Å². The summed E-state index contributed by atoms with van der Waals surface area (Å²) in [6.07, 6.45) is 3.83. The van der Waals surface area contributed by atoms with Crippen molar-refractivity contribution >= 4 is 12.0 Å². The standard InChI is InChI=1S/C20H29N3O3/c1-19(17(24)25)11-12-23(15-19)18(26)21-14-20(9-6-10-20)22(2)13-16-7-4-3-5-8-16/h3-5,7-8H,6,9-15H2,1-2H3,(H,21,26)(H,24,25). The Kier molecular flexibility index (Phi) is 5.23. The van der Waals surface area contributed by atoms with Crippen LogP contribution in [0, 0.1) is 5.41 Å². The number of hydrogen-bond acceptors (Lipinski definition) is 3. The van der Waals surface area contributed by atoms with Gasteiger partial charge in [0.2, 0.25) is 0 Å². The molecule has 0 radical (unpaired) electrons. The molecule has 2 fully saturated rings. The summed E-state index contributed by atoms with van der Waals surface area (Å²) in [5.74, 6) is -0.828. The number of carboxylic acid groups (broad SMARTS) is 1. The molecule has 2 amide bonds. The average molecular weight is 359 g/mol. The predicted molar refractivity (Wildman–Crippen MR) is 99.8 cm³/mol. The molecule has 1 aromatic rings. The lowest BCUT2D eigenvalue weighted by molar-refractivity contribution is -0.147. The van der Waals surface area contributed by atoms with E-state index in [1.54, 1.807) is 11.8 Å². The van der Waals surface area contributed by atoms with Crippen LogP contribution in [0.1, 0.15) is 38.2 Å². The highest BCUT2D eigenvalue weighted by atomic mass is 16.4. The monoisotopic (exact) mass is 359 g/mol. The maximum absolute atomic E-state index is 12.5. The second-order valence-electron chi connectivity index (χ2n) is 8.12. The van der Waals surface area contributed by atoms with Crippen molar-refractivity contribution < 1.29 is 14.7 Å². The molecule has 1 heterocycles. The van der Waals surface area contributed by atoms with Gasteiger partial charge in [-0.15, -0.1) is 0 Å². The largest absolute Gasteiger partial charge is 0.481 e. The minimum Gasteiger partial charge on any atom is -0.481 e. The fourth-order valence-corrected chi connectivity index (χ4v) is 3.96. The molecule has 1 aliphatic heterocycles. The number of likely N-dealkylation sites (N-methyl/N-ethyl adjacent to an activating group) is 1. The molecular weight excluding hydrogens is 330 g/mol. The van der Waals surface area contributed by atoms with Crippen LogP contribution in [0.15, 0.2) is 30.3 Å². The summed E-state index contributed by atoms with van der Waals surface area (Å²) in [6, 6.07) is 10.2. The van der Waals surface area contributed by atoms with Gasteiger partial charge in [0.05, 0.1) is 5.41 Å². The number of amides is 2. The van der Waals surface area contributed by atoms with Crippen LogP contribution < -0.4 is 5.32 Å². The van der Waals surface area contributed by atoms with Gasteiger partial charge >= 0.3 is 12.0 Å². The van der Waals surface area contributed by atoms with Gasteiger partial charge in [0.15, 0.2) is 0 Å². The van der Waals surface area contributed by atoms with Gasteiger partial charge in [-0.1, -0.05) is 30.3 Å². The summed E-state index contributed by atoms with van der Waals surface area (Å²) in [5, 5.41) is 12.4. The van der Waals surface area contributed by atoms with E-state index in [2.05, 4.69) is 29.4 Å². The van der Waals surface area contributed by atoms with Crippen LogP contribution in [0.3, 0.4) is 0 Å². The van der Waals surface area contributed by atoms with Crippen molar-refractivity contribution in [2.75, 3.05) is 26.7 Å². The van der Waals surface area contributed by atoms with Gasteiger partial charge in [-0.25, -0.2) is 4.79 Å². The third-order valence-electron chi connectivity index (χ3n) is 6.20. The van der Waals surface area contributed by atoms with Gasteiger partial charge in [0.25, 0.3) is 0 Å². The van der Waals surface area contributed by atoms with E-state index >= 15 is 0 Å². The van der Waals surface area contributed by atoms with E-state index in [4.69, 9.17) is 0 Å². The summed E-state index contributed by atoms with van der Waals surface area (Å²) < 4.78 is 0. The van der Waals surface area contributed by atoms with Crippen molar-refractivity contribution in [1.29, 1.82) is 0 Å². The van der Waals surface area contributed by atoms with Crippen molar-refractivity contribution in [2.45, 2.75) is 44.7 Å². The lowest BCUT2D eigenvalue weighted by Crippen LogP contribution is -2.59.